The number of ether oxygens (including phenoxy) is 1. The summed E-state index contributed by atoms with van der Waals surface area (Å²) in [6, 6.07) is 7.21. The van der Waals surface area contributed by atoms with Gasteiger partial charge in [0.2, 0.25) is 15.9 Å². The third-order valence-electron chi connectivity index (χ3n) is 6.06. The van der Waals surface area contributed by atoms with E-state index in [0.29, 0.717) is 51.9 Å². The molecule has 8 nitrogen and oxygen atoms in total. The standard InChI is InChI=1S/C24H28ClFN4O4S2/c1-28(2)13-5-14-29(24-27-21-20(34-3)12-11-18(25)22(21)35-24)23(31)19-6-4-15-30(19)36(32,33)17-9-7-16(26)8-10-17/h7-12,19H,4-6,13-15H2,1-3H3. The van der Waals surface area contributed by atoms with Crippen LogP contribution in [0.25, 0.3) is 10.2 Å². The smallest absolute Gasteiger partial charge is 0.247 e. The van der Waals surface area contributed by atoms with E-state index in [1.807, 2.05) is 19.0 Å². The Balaban J connectivity index is 1.70. The van der Waals surface area contributed by atoms with E-state index in [0.717, 1.165) is 18.7 Å². The van der Waals surface area contributed by atoms with Crippen LogP contribution in [-0.2, 0) is 14.8 Å². The minimum absolute atomic E-state index is 0.0423. The number of methoxy groups -OCH3 is 1. The van der Waals surface area contributed by atoms with Gasteiger partial charge in [0.1, 0.15) is 23.1 Å². The number of rotatable bonds is 9. The van der Waals surface area contributed by atoms with Crippen molar-refractivity contribution in [3.63, 3.8) is 0 Å². The highest BCUT2D eigenvalue weighted by molar-refractivity contribution is 7.89. The number of anilines is 1. The minimum atomic E-state index is -3.99. The Morgan fingerprint density at radius 1 is 1.22 bits per heavy atom. The number of benzene rings is 2. The van der Waals surface area contributed by atoms with Gasteiger partial charge in [0, 0.05) is 13.1 Å². The molecule has 194 valence electrons. The molecule has 2 heterocycles. The summed E-state index contributed by atoms with van der Waals surface area (Å²) in [6.45, 7) is 1.31. The molecule has 1 atom stereocenters. The summed E-state index contributed by atoms with van der Waals surface area (Å²) in [5.41, 5.74) is 0.553. The minimum Gasteiger partial charge on any atom is -0.494 e. The number of amides is 1. The van der Waals surface area contributed by atoms with Crippen molar-refractivity contribution in [2.75, 3.05) is 45.7 Å². The van der Waals surface area contributed by atoms with E-state index >= 15 is 0 Å². The van der Waals surface area contributed by atoms with Crippen LogP contribution in [0.3, 0.4) is 0 Å². The summed E-state index contributed by atoms with van der Waals surface area (Å²) in [5.74, 6) is -0.329. The zero-order valence-corrected chi connectivity index (χ0v) is 22.7. The second-order valence-electron chi connectivity index (χ2n) is 8.80. The molecule has 0 spiro atoms. The van der Waals surface area contributed by atoms with Crippen molar-refractivity contribution in [2.45, 2.75) is 30.2 Å². The summed E-state index contributed by atoms with van der Waals surface area (Å²) < 4.78 is 47.5. The fraction of sp³-hybridized carbons (Fsp3) is 0.417. The molecule has 1 aliphatic heterocycles. The molecule has 4 rings (SSSR count). The number of aromatic nitrogens is 1. The van der Waals surface area contributed by atoms with Crippen molar-refractivity contribution >= 4 is 54.2 Å². The molecule has 0 N–H and O–H groups in total. The van der Waals surface area contributed by atoms with E-state index < -0.39 is 21.9 Å². The molecular weight excluding hydrogens is 527 g/mol. The number of nitrogens with zero attached hydrogens (tertiary/aromatic N) is 4. The number of hydrogen-bond acceptors (Lipinski definition) is 7. The Kier molecular flexibility index (Phi) is 8.15. The van der Waals surface area contributed by atoms with Gasteiger partial charge in [-0.15, -0.1) is 0 Å². The number of halogens is 2. The second kappa shape index (κ2) is 11.0. The summed E-state index contributed by atoms with van der Waals surface area (Å²) in [7, 11) is 1.45. The van der Waals surface area contributed by atoms with Crippen LogP contribution in [0.5, 0.6) is 5.75 Å². The average Bonchev–Trinajstić information content (AvgIpc) is 3.51. The van der Waals surface area contributed by atoms with Gasteiger partial charge < -0.3 is 9.64 Å². The van der Waals surface area contributed by atoms with E-state index in [1.54, 1.807) is 24.1 Å². The van der Waals surface area contributed by atoms with Crippen LogP contribution >= 0.6 is 22.9 Å². The molecule has 0 saturated carbocycles. The van der Waals surface area contributed by atoms with Gasteiger partial charge in [-0.2, -0.15) is 4.31 Å². The van der Waals surface area contributed by atoms with Crippen LogP contribution in [-0.4, -0.2) is 75.4 Å². The van der Waals surface area contributed by atoms with E-state index in [-0.39, 0.29) is 17.3 Å². The van der Waals surface area contributed by atoms with Crippen LogP contribution in [0.2, 0.25) is 5.02 Å². The normalized spacial score (nSPS) is 16.7. The summed E-state index contributed by atoms with van der Waals surface area (Å²) in [6.07, 6.45) is 1.59. The maximum absolute atomic E-state index is 13.9. The Labute approximate surface area is 219 Å². The lowest BCUT2D eigenvalue weighted by Gasteiger charge is -2.29. The first-order valence-corrected chi connectivity index (χ1v) is 14.1. The molecule has 1 fully saturated rings. The van der Waals surface area contributed by atoms with Crippen LogP contribution in [0.1, 0.15) is 19.3 Å². The first-order valence-electron chi connectivity index (χ1n) is 11.5. The van der Waals surface area contributed by atoms with E-state index in [2.05, 4.69) is 4.98 Å². The molecule has 1 amide bonds. The maximum Gasteiger partial charge on any atom is 0.247 e. The molecule has 0 bridgehead atoms. The Bertz CT molecular complexity index is 1350. The first kappa shape index (κ1) is 26.7. The SMILES string of the molecule is COc1ccc(Cl)c2sc(N(CCCN(C)C)C(=O)C3CCCN3S(=O)(=O)c3ccc(F)cc3)nc12. The van der Waals surface area contributed by atoms with Crippen molar-refractivity contribution in [3.8, 4) is 5.75 Å². The third-order valence-corrected chi connectivity index (χ3v) is 9.52. The number of fused-ring (bicyclic) bond motifs is 1. The van der Waals surface area contributed by atoms with Crippen molar-refractivity contribution in [2.24, 2.45) is 0 Å². The summed E-state index contributed by atoms with van der Waals surface area (Å²) in [5, 5.41) is 0.933. The Morgan fingerprint density at radius 2 is 1.94 bits per heavy atom. The van der Waals surface area contributed by atoms with Gasteiger partial charge in [-0.05, 0) is 76.3 Å². The molecule has 0 aliphatic carbocycles. The fourth-order valence-electron chi connectivity index (χ4n) is 4.26. The van der Waals surface area contributed by atoms with Crippen LogP contribution in [0, 0.1) is 5.82 Å². The predicted molar refractivity (Wildman–Crippen MR) is 140 cm³/mol. The lowest BCUT2D eigenvalue weighted by Crippen LogP contribution is -2.48. The number of carbonyl (C=O) groups is 1. The monoisotopic (exact) mass is 554 g/mol. The van der Waals surface area contributed by atoms with E-state index in [1.165, 1.54) is 27.8 Å². The lowest BCUT2D eigenvalue weighted by atomic mass is 10.2. The van der Waals surface area contributed by atoms with Gasteiger partial charge in [-0.1, -0.05) is 22.9 Å². The van der Waals surface area contributed by atoms with Crippen LogP contribution in [0.4, 0.5) is 9.52 Å². The maximum atomic E-state index is 13.9. The molecule has 0 radical (unpaired) electrons. The van der Waals surface area contributed by atoms with Crippen LogP contribution in [0.15, 0.2) is 41.3 Å². The molecule has 1 saturated heterocycles. The van der Waals surface area contributed by atoms with Gasteiger partial charge in [0.05, 0.1) is 21.7 Å². The number of sulfonamides is 1. The van der Waals surface area contributed by atoms with Crippen molar-refractivity contribution in [1.82, 2.24) is 14.2 Å². The Hall–Kier alpha value is -2.31. The highest BCUT2D eigenvalue weighted by Crippen LogP contribution is 2.39. The average molecular weight is 555 g/mol. The van der Waals surface area contributed by atoms with Crippen molar-refractivity contribution in [3.05, 3.63) is 47.2 Å². The lowest BCUT2D eigenvalue weighted by molar-refractivity contribution is -0.121. The fourth-order valence-corrected chi connectivity index (χ4v) is 7.20. The van der Waals surface area contributed by atoms with Gasteiger partial charge in [0.15, 0.2) is 5.13 Å². The molecule has 3 aromatic rings. The van der Waals surface area contributed by atoms with Gasteiger partial charge in [-0.3, -0.25) is 9.69 Å². The summed E-state index contributed by atoms with van der Waals surface area (Å²) in [4.78, 5) is 22.1. The molecule has 1 unspecified atom stereocenters. The van der Waals surface area contributed by atoms with Gasteiger partial charge in [0.25, 0.3) is 0 Å². The second-order valence-corrected chi connectivity index (χ2v) is 12.1. The first-order chi connectivity index (χ1) is 17.1. The topological polar surface area (TPSA) is 83.0 Å². The molecule has 12 heteroatoms. The molecule has 2 aromatic carbocycles. The van der Waals surface area contributed by atoms with Gasteiger partial charge in [-0.25, -0.2) is 17.8 Å². The van der Waals surface area contributed by atoms with E-state index in [4.69, 9.17) is 16.3 Å². The highest BCUT2D eigenvalue weighted by atomic mass is 35.5. The van der Waals surface area contributed by atoms with Gasteiger partial charge >= 0.3 is 0 Å². The van der Waals surface area contributed by atoms with Crippen LogP contribution < -0.4 is 9.64 Å². The molecule has 36 heavy (non-hydrogen) atoms. The van der Waals surface area contributed by atoms with E-state index in [9.17, 15) is 17.6 Å². The zero-order chi connectivity index (χ0) is 26.0. The third kappa shape index (κ3) is 5.35. The largest absolute Gasteiger partial charge is 0.494 e. The number of thiazole rings is 1. The number of hydrogen-bond donors (Lipinski definition) is 0. The highest BCUT2D eigenvalue weighted by Gasteiger charge is 2.42. The predicted octanol–water partition coefficient (Wildman–Crippen LogP) is 4.24. The molecule has 1 aromatic heterocycles. The quantitative estimate of drug-likeness (QED) is 0.393. The Morgan fingerprint density at radius 3 is 2.61 bits per heavy atom. The number of carbonyl (C=O) groups excluding carboxylic acids is 1. The zero-order valence-electron chi connectivity index (χ0n) is 20.3. The molecular formula is C24H28ClFN4O4S2. The summed E-state index contributed by atoms with van der Waals surface area (Å²) >= 11 is 7.68. The molecule has 1 aliphatic rings. The van der Waals surface area contributed by atoms with Crippen molar-refractivity contribution in [1.29, 1.82) is 0 Å². The van der Waals surface area contributed by atoms with Crippen molar-refractivity contribution < 1.29 is 22.3 Å².